The van der Waals surface area contributed by atoms with Crippen LogP contribution >= 0.6 is 15.9 Å². The largest absolute Gasteiger partial charge is 0.372 e. The minimum atomic E-state index is 0.217. The number of nitrogens with zero attached hydrogens (tertiary/aromatic N) is 2. The third kappa shape index (κ3) is 2.05. The van der Waals surface area contributed by atoms with Crippen LogP contribution in [0.25, 0.3) is 0 Å². The van der Waals surface area contributed by atoms with Crippen molar-refractivity contribution in [3.8, 4) is 0 Å². The third-order valence-electron chi connectivity index (χ3n) is 6.08. The van der Waals surface area contributed by atoms with Crippen LogP contribution < -0.4 is 5.32 Å². The van der Waals surface area contributed by atoms with Gasteiger partial charge in [-0.2, -0.15) is 0 Å². The maximum absolute atomic E-state index is 4.87. The van der Waals surface area contributed by atoms with Gasteiger partial charge in [0.2, 0.25) is 0 Å². The molecule has 1 aromatic heterocycles. The smallest absolute Gasteiger partial charge is 0.143 e. The Bertz CT molecular complexity index is 582. The number of rotatable bonds is 2. The van der Waals surface area contributed by atoms with Crippen molar-refractivity contribution in [2.45, 2.75) is 57.8 Å². The quantitative estimate of drug-likeness (QED) is 0.852. The molecule has 21 heavy (non-hydrogen) atoms. The van der Waals surface area contributed by atoms with Crippen LogP contribution in [-0.4, -0.2) is 17.0 Å². The Kier molecular flexibility index (Phi) is 2.81. The molecule has 4 bridgehead atoms. The molecule has 0 amide bonds. The lowest BCUT2D eigenvalue weighted by atomic mass is 9.40. The van der Waals surface area contributed by atoms with Crippen LogP contribution in [0.1, 0.15) is 58.2 Å². The molecule has 2 atom stereocenters. The molecule has 2 unspecified atom stereocenters. The van der Waals surface area contributed by atoms with E-state index in [1.54, 1.807) is 0 Å². The van der Waals surface area contributed by atoms with Gasteiger partial charge in [-0.05, 0) is 71.2 Å². The standard InChI is InChI=1S/C17H24BrN3/c1-15-4-11-5-16(2,8-15)10-17(6-11,9-15)14-20-7-12(18)13(19-3)21-14/h7,11H,4-6,8-10H2,1-3H3,(H,19,20,21). The molecular weight excluding hydrogens is 326 g/mol. The lowest BCUT2D eigenvalue weighted by Crippen LogP contribution is -2.57. The summed E-state index contributed by atoms with van der Waals surface area (Å²) in [6.45, 7) is 5.00. The Labute approximate surface area is 135 Å². The summed E-state index contributed by atoms with van der Waals surface area (Å²) in [4.78, 5) is 9.62. The highest BCUT2D eigenvalue weighted by molar-refractivity contribution is 9.10. The van der Waals surface area contributed by atoms with Crippen LogP contribution in [0.3, 0.4) is 0 Å². The van der Waals surface area contributed by atoms with Crippen molar-refractivity contribution >= 4 is 21.7 Å². The summed E-state index contributed by atoms with van der Waals surface area (Å²) in [5.41, 5.74) is 1.23. The zero-order valence-corrected chi connectivity index (χ0v) is 14.8. The summed E-state index contributed by atoms with van der Waals surface area (Å²) < 4.78 is 0.955. The Morgan fingerprint density at radius 2 is 1.81 bits per heavy atom. The SMILES string of the molecule is CNc1nc(C23CC4CC(C)(CC(C)(C4)C2)C3)ncc1Br. The maximum atomic E-state index is 4.87. The number of anilines is 1. The first-order chi connectivity index (χ1) is 9.85. The van der Waals surface area contributed by atoms with Gasteiger partial charge in [0.15, 0.2) is 0 Å². The lowest BCUT2D eigenvalue weighted by molar-refractivity contribution is -0.112. The van der Waals surface area contributed by atoms with Crippen molar-refractivity contribution in [1.82, 2.24) is 9.97 Å². The van der Waals surface area contributed by atoms with E-state index in [4.69, 9.17) is 9.97 Å². The van der Waals surface area contributed by atoms with Crippen molar-refractivity contribution < 1.29 is 0 Å². The molecular formula is C17H24BrN3. The summed E-state index contributed by atoms with van der Waals surface area (Å²) in [6, 6.07) is 0. The fraction of sp³-hybridized carbons (Fsp3) is 0.765. The van der Waals surface area contributed by atoms with Gasteiger partial charge in [-0.15, -0.1) is 0 Å². The van der Waals surface area contributed by atoms with Crippen LogP contribution in [0.15, 0.2) is 10.7 Å². The van der Waals surface area contributed by atoms with Crippen LogP contribution in [0, 0.1) is 16.7 Å². The van der Waals surface area contributed by atoms with Crippen molar-refractivity contribution in [2.24, 2.45) is 16.7 Å². The van der Waals surface area contributed by atoms with E-state index in [9.17, 15) is 0 Å². The summed E-state index contributed by atoms with van der Waals surface area (Å²) in [5.74, 6) is 2.88. The van der Waals surface area contributed by atoms with E-state index in [1.165, 1.54) is 38.5 Å². The Hall–Kier alpha value is -0.640. The van der Waals surface area contributed by atoms with E-state index < -0.39 is 0 Å². The first kappa shape index (κ1) is 14.0. The number of hydrogen-bond acceptors (Lipinski definition) is 3. The van der Waals surface area contributed by atoms with E-state index in [0.29, 0.717) is 10.8 Å². The van der Waals surface area contributed by atoms with Gasteiger partial charge in [0.25, 0.3) is 0 Å². The molecule has 0 radical (unpaired) electrons. The zero-order chi connectivity index (χ0) is 14.9. The first-order valence-electron chi connectivity index (χ1n) is 8.06. The monoisotopic (exact) mass is 349 g/mol. The van der Waals surface area contributed by atoms with Gasteiger partial charge in [0.1, 0.15) is 11.6 Å². The molecule has 0 saturated heterocycles. The molecule has 4 saturated carbocycles. The summed E-state index contributed by atoms with van der Waals surface area (Å²) in [7, 11) is 1.93. The summed E-state index contributed by atoms with van der Waals surface area (Å²) >= 11 is 3.53. The van der Waals surface area contributed by atoms with E-state index in [-0.39, 0.29) is 5.41 Å². The molecule has 4 heteroatoms. The molecule has 1 aromatic rings. The number of halogens is 1. The van der Waals surface area contributed by atoms with Gasteiger partial charge in [-0.25, -0.2) is 9.97 Å². The second-order valence-electron chi connectivity index (χ2n) is 8.55. The van der Waals surface area contributed by atoms with E-state index in [1.807, 2.05) is 13.2 Å². The highest BCUT2D eigenvalue weighted by Crippen LogP contribution is 2.69. The van der Waals surface area contributed by atoms with Crippen molar-refractivity contribution in [2.75, 3.05) is 12.4 Å². The molecule has 0 spiro atoms. The lowest BCUT2D eigenvalue weighted by Gasteiger charge is -2.64. The van der Waals surface area contributed by atoms with Crippen LogP contribution in [0.5, 0.6) is 0 Å². The second-order valence-corrected chi connectivity index (χ2v) is 9.40. The Morgan fingerprint density at radius 1 is 1.14 bits per heavy atom. The average molecular weight is 350 g/mol. The molecule has 5 rings (SSSR count). The molecule has 0 aliphatic heterocycles. The van der Waals surface area contributed by atoms with Crippen molar-refractivity contribution in [3.63, 3.8) is 0 Å². The van der Waals surface area contributed by atoms with Crippen molar-refractivity contribution in [3.05, 3.63) is 16.5 Å². The molecule has 114 valence electrons. The average Bonchev–Trinajstić information content (AvgIpc) is 2.34. The van der Waals surface area contributed by atoms with Crippen LogP contribution in [-0.2, 0) is 5.41 Å². The molecule has 0 aromatic carbocycles. The maximum Gasteiger partial charge on any atom is 0.143 e. The topological polar surface area (TPSA) is 37.8 Å². The number of hydrogen-bond donors (Lipinski definition) is 1. The third-order valence-corrected chi connectivity index (χ3v) is 6.66. The van der Waals surface area contributed by atoms with E-state index >= 15 is 0 Å². The molecule has 3 nitrogen and oxygen atoms in total. The highest BCUT2D eigenvalue weighted by Gasteiger charge is 2.61. The molecule has 1 heterocycles. The van der Waals surface area contributed by atoms with Gasteiger partial charge in [-0.3, -0.25) is 0 Å². The van der Waals surface area contributed by atoms with Gasteiger partial charge >= 0.3 is 0 Å². The molecule has 1 N–H and O–H groups in total. The predicted octanol–water partition coefficient (Wildman–Crippen LogP) is 4.53. The molecule has 4 aliphatic rings. The summed E-state index contributed by atoms with van der Waals surface area (Å²) in [6.07, 6.45) is 10.0. The minimum Gasteiger partial charge on any atom is -0.372 e. The fourth-order valence-electron chi connectivity index (χ4n) is 6.50. The molecule has 4 fully saturated rings. The van der Waals surface area contributed by atoms with Gasteiger partial charge in [0, 0.05) is 18.7 Å². The van der Waals surface area contributed by atoms with Crippen LogP contribution in [0.2, 0.25) is 0 Å². The number of aromatic nitrogens is 2. The first-order valence-corrected chi connectivity index (χ1v) is 8.86. The minimum absolute atomic E-state index is 0.217. The van der Waals surface area contributed by atoms with Crippen LogP contribution in [0.4, 0.5) is 5.82 Å². The molecule has 4 aliphatic carbocycles. The predicted molar refractivity (Wildman–Crippen MR) is 88.4 cm³/mol. The van der Waals surface area contributed by atoms with Gasteiger partial charge in [-0.1, -0.05) is 13.8 Å². The van der Waals surface area contributed by atoms with Gasteiger partial charge < -0.3 is 5.32 Å². The zero-order valence-electron chi connectivity index (χ0n) is 13.2. The van der Waals surface area contributed by atoms with Gasteiger partial charge in [0.05, 0.1) is 4.47 Å². The summed E-state index contributed by atoms with van der Waals surface area (Å²) in [5, 5.41) is 3.19. The van der Waals surface area contributed by atoms with Crippen molar-refractivity contribution in [1.29, 1.82) is 0 Å². The second kappa shape index (κ2) is 4.21. The normalized spacial score (nSPS) is 44.1. The highest BCUT2D eigenvalue weighted by atomic mass is 79.9. The number of nitrogens with one attached hydrogen (secondary N) is 1. The van der Waals surface area contributed by atoms with E-state index in [2.05, 4.69) is 35.1 Å². The Balaban J connectivity index is 1.80. The fourth-order valence-corrected chi connectivity index (χ4v) is 6.88. The Morgan fingerprint density at radius 3 is 2.38 bits per heavy atom. The van der Waals surface area contributed by atoms with E-state index in [0.717, 1.165) is 22.0 Å².